The van der Waals surface area contributed by atoms with Crippen LogP contribution in [0, 0.1) is 0 Å². The van der Waals surface area contributed by atoms with Crippen molar-refractivity contribution in [1.29, 1.82) is 0 Å². The van der Waals surface area contributed by atoms with Gasteiger partial charge in [-0.15, -0.1) is 11.8 Å². The number of benzene rings is 1. The lowest BCUT2D eigenvalue weighted by Gasteiger charge is -2.15. The summed E-state index contributed by atoms with van der Waals surface area (Å²) in [5, 5.41) is 0.796. The van der Waals surface area contributed by atoms with Gasteiger partial charge in [0.2, 0.25) is 0 Å². The molecule has 1 unspecified atom stereocenters. The van der Waals surface area contributed by atoms with Gasteiger partial charge in [-0.25, -0.2) is 0 Å². The van der Waals surface area contributed by atoms with Gasteiger partial charge < -0.3 is 0 Å². The van der Waals surface area contributed by atoms with Gasteiger partial charge in [0.1, 0.15) is 0 Å². The monoisotopic (exact) mass is 328 g/mol. The number of nitrogens with one attached hydrogen (secondary N) is 1. The van der Waals surface area contributed by atoms with E-state index in [2.05, 4.69) is 18.4 Å². The molecular formula is C17H29ClN2S. The van der Waals surface area contributed by atoms with E-state index in [0.717, 1.165) is 17.2 Å². The first-order chi connectivity index (χ1) is 10.3. The second-order valence-corrected chi connectivity index (χ2v) is 7.07. The number of hydrazine groups is 1. The molecule has 1 atom stereocenters. The zero-order chi connectivity index (χ0) is 15.3. The summed E-state index contributed by atoms with van der Waals surface area (Å²) >= 11 is 7.81. The first kappa shape index (κ1) is 18.8. The standard InChI is InChI=1S/C17H29ClN2S/c1-2-3-4-5-6-7-8-11-16(20-19)14-21-17-12-9-10-15(18)13-17/h9-10,12-13,16,20H,2-8,11,14,19H2,1H3. The highest BCUT2D eigenvalue weighted by molar-refractivity contribution is 7.99. The maximum atomic E-state index is 5.99. The van der Waals surface area contributed by atoms with Crippen LogP contribution in [0.4, 0.5) is 0 Å². The number of rotatable bonds is 12. The van der Waals surface area contributed by atoms with Crippen molar-refractivity contribution in [1.82, 2.24) is 5.43 Å². The van der Waals surface area contributed by atoms with Crippen molar-refractivity contribution >= 4 is 23.4 Å². The van der Waals surface area contributed by atoms with Crippen LogP contribution in [0.3, 0.4) is 0 Å². The van der Waals surface area contributed by atoms with Crippen LogP contribution in [-0.4, -0.2) is 11.8 Å². The molecule has 0 amide bonds. The summed E-state index contributed by atoms with van der Waals surface area (Å²) in [6.07, 6.45) is 10.6. The molecule has 0 aliphatic carbocycles. The minimum absolute atomic E-state index is 0.379. The molecule has 0 aliphatic heterocycles. The van der Waals surface area contributed by atoms with E-state index >= 15 is 0 Å². The fraction of sp³-hybridized carbons (Fsp3) is 0.647. The van der Waals surface area contributed by atoms with Gasteiger partial charge in [0.25, 0.3) is 0 Å². The molecule has 0 saturated carbocycles. The van der Waals surface area contributed by atoms with Gasteiger partial charge in [-0.1, -0.05) is 69.5 Å². The van der Waals surface area contributed by atoms with Crippen molar-refractivity contribution in [2.45, 2.75) is 69.2 Å². The minimum Gasteiger partial charge on any atom is -0.271 e. The molecule has 1 aromatic rings. The Bertz CT molecular complexity index is 374. The molecule has 120 valence electrons. The second kappa shape index (κ2) is 12.3. The van der Waals surface area contributed by atoms with E-state index in [1.54, 1.807) is 0 Å². The summed E-state index contributed by atoms with van der Waals surface area (Å²) in [6.45, 7) is 2.26. The maximum Gasteiger partial charge on any atom is 0.0417 e. The van der Waals surface area contributed by atoms with Crippen LogP contribution in [0.25, 0.3) is 0 Å². The van der Waals surface area contributed by atoms with Crippen LogP contribution >= 0.6 is 23.4 Å². The number of thioether (sulfide) groups is 1. The number of nitrogens with two attached hydrogens (primary N) is 1. The molecule has 21 heavy (non-hydrogen) atoms. The second-order valence-electron chi connectivity index (χ2n) is 5.54. The van der Waals surface area contributed by atoms with Gasteiger partial charge in [0, 0.05) is 21.7 Å². The molecule has 2 nitrogen and oxygen atoms in total. The van der Waals surface area contributed by atoms with Gasteiger partial charge in [0.05, 0.1) is 0 Å². The predicted octanol–water partition coefficient (Wildman–Crippen LogP) is 5.40. The van der Waals surface area contributed by atoms with Gasteiger partial charge in [-0.3, -0.25) is 11.3 Å². The molecule has 0 saturated heterocycles. The summed E-state index contributed by atoms with van der Waals surface area (Å²) in [6, 6.07) is 8.38. The third-order valence-corrected chi connectivity index (χ3v) is 5.03. The van der Waals surface area contributed by atoms with Crippen molar-refractivity contribution in [2.75, 3.05) is 5.75 Å². The summed E-state index contributed by atoms with van der Waals surface area (Å²) in [5.41, 5.74) is 2.94. The molecule has 3 N–H and O–H groups in total. The summed E-state index contributed by atoms with van der Waals surface area (Å²) in [5.74, 6) is 6.65. The van der Waals surface area contributed by atoms with Crippen LogP contribution in [0.5, 0.6) is 0 Å². The van der Waals surface area contributed by atoms with E-state index < -0.39 is 0 Å². The largest absolute Gasteiger partial charge is 0.271 e. The maximum absolute atomic E-state index is 5.99. The van der Waals surface area contributed by atoms with Crippen molar-refractivity contribution in [3.8, 4) is 0 Å². The van der Waals surface area contributed by atoms with Crippen LogP contribution in [0.15, 0.2) is 29.2 Å². The lowest BCUT2D eigenvalue weighted by atomic mass is 10.1. The molecule has 1 rings (SSSR count). The molecule has 0 spiro atoms. The van der Waals surface area contributed by atoms with Gasteiger partial charge >= 0.3 is 0 Å². The number of halogens is 1. The fourth-order valence-corrected chi connectivity index (χ4v) is 3.61. The molecule has 0 fully saturated rings. The van der Waals surface area contributed by atoms with Crippen molar-refractivity contribution in [2.24, 2.45) is 5.84 Å². The molecule has 0 aliphatic rings. The van der Waals surface area contributed by atoms with E-state index in [0.29, 0.717) is 6.04 Å². The zero-order valence-corrected chi connectivity index (χ0v) is 14.7. The van der Waals surface area contributed by atoms with Crippen molar-refractivity contribution in [3.63, 3.8) is 0 Å². The van der Waals surface area contributed by atoms with Crippen molar-refractivity contribution in [3.05, 3.63) is 29.3 Å². The van der Waals surface area contributed by atoms with Gasteiger partial charge in [-0.2, -0.15) is 0 Å². The molecule has 0 heterocycles. The van der Waals surface area contributed by atoms with Crippen LogP contribution in [0.2, 0.25) is 5.02 Å². The van der Waals surface area contributed by atoms with Crippen LogP contribution < -0.4 is 11.3 Å². The van der Waals surface area contributed by atoms with E-state index in [9.17, 15) is 0 Å². The van der Waals surface area contributed by atoms with E-state index in [1.165, 1.54) is 49.8 Å². The van der Waals surface area contributed by atoms with Gasteiger partial charge in [0.15, 0.2) is 0 Å². The Balaban J connectivity index is 2.11. The van der Waals surface area contributed by atoms with E-state index in [-0.39, 0.29) is 0 Å². The van der Waals surface area contributed by atoms with E-state index in [4.69, 9.17) is 17.4 Å². The first-order valence-corrected chi connectivity index (χ1v) is 9.47. The Morgan fingerprint density at radius 2 is 1.86 bits per heavy atom. The highest BCUT2D eigenvalue weighted by Crippen LogP contribution is 2.23. The van der Waals surface area contributed by atoms with Crippen molar-refractivity contribution < 1.29 is 0 Å². The van der Waals surface area contributed by atoms with E-state index in [1.807, 2.05) is 30.0 Å². The molecule has 4 heteroatoms. The third kappa shape index (κ3) is 9.41. The number of hydrogen-bond donors (Lipinski definition) is 2. The predicted molar refractivity (Wildman–Crippen MR) is 95.9 cm³/mol. The SMILES string of the molecule is CCCCCCCCCC(CSc1cccc(Cl)c1)NN. The number of unbranched alkanes of at least 4 members (excludes halogenated alkanes) is 6. The average Bonchev–Trinajstić information content (AvgIpc) is 2.49. The Labute approximate surface area is 139 Å². The smallest absolute Gasteiger partial charge is 0.0417 e. The van der Waals surface area contributed by atoms with Crippen LogP contribution in [0.1, 0.15) is 58.3 Å². The zero-order valence-electron chi connectivity index (χ0n) is 13.1. The quantitative estimate of drug-likeness (QED) is 0.233. The minimum atomic E-state index is 0.379. The molecule has 1 aromatic carbocycles. The first-order valence-electron chi connectivity index (χ1n) is 8.10. The summed E-state index contributed by atoms with van der Waals surface area (Å²) < 4.78 is 0. The highest BCUT2D eigenvalue weighted by atomic mass is 35.5. The Morgan fingerprint density at radius 1 is 1.14 bits per heavy atom. The van der Waals surface area contributed by atoms with Crippen LogP contribution in [-0.2, 0) is 0 Å². The lowest BCUT2D eigenvalue weighted by molar-refractivity contribution is 0.492. The third-order valence-electron chi connectivity index (χ3n) is 3.64. The molecular weight excluding hydrogens is 300 g/mol. The lowest BCUT2D eigenvalue weighted by Crippen LogP contribution is -2.36. The average molecular weight is 329 g/mol. The topological polar surface area (TPSA) is 38.0 Å². The molecule has 0 bridgehead atoms. The Morgan fingerprint density at radius 3 is 2.52 bits per heavy atom. The Hall–Kier alpha value is -0.220. The molecule has 0 aromatic heterocycles. The Kier molecular flexibility index (Phi) is 11.1. The fourth-order valence-electron chi connectivity index (χ4n) is 2.32. The summed E-state index contributed by atoms with van der Waals surface area (Å²) in [4.78, 5) is 1.21. The number of hydrogen-bond acceptors (Lipinski definition) is 3. The normalized spacial score (nSPS) is 12.5. The molecule has 0 radical (unpaired) electrons. The van der Waals surface area contributed by atoms with Gasteiger partial charge in [-0.05, 0) is 24.6 Å². The highest BCUT2D eigenvalue weighted by Gasteiger charge is 2.07. The summed E-state index contributed by atoms with van der Waals surface area (Å²) in [7, 11) is 0.